The second-order valence-corrected chi connectivity index (χ2v) is 6.41. The van der Waals surface area contributed by atoms with Gasteiger partial charge in [-0.25, -0.2) is 4.98 Å². The highest BCUT2D eigenvalue weighted by atomic mass is 35.5. The van der Waals surface area contributed by atoms with Gasteiger partial charge in [-0.2, -0.15) is 18.2 Å². The number of fused-ring (bicyclic) bond motifs is 1. The molecule has 0 spiro atoms. The first kappa shape index (κ1) is 20.9. The van der Waals surface area contributed by atoms with Crippen molar-refractivity contribution >= 4 is 35.0 Å². The summed E-state index contributed by atoms with van der Waals surface area (Å²) in [7, 11) is 0. The molecule has 11 heteroatoms. The van der Waals surface area contributed by atoms with Gasteiger partial charge in [-0.05, 0) is 43.3 Å². The van der Waals surface area contributed by atoms with Crippen molar-refractivity contribution in [3.05, 3.63) is 47.7 Å². The van der Waals surface area contributed by atoms with Gasteiger partial charge in [-0.1, -0.05) is 16.8 Å². The van der Waals surface area contributed by atoms with Gasteiger partial charge in [0.05, 0.1) is 22.4 Å². The number of hydrogen-bond donors (Lipinski definition) is 1. The molecular weight excluding hydrogens is 432 g/mol. The first-order valence-electron chi connectivity index (χ1n) is 8.12. The van der Waals surface area contributed by atoms with Crippen LogP contribution in [0.2, 0.25) is 5.02 Å². The van der Waals surface area contributed by atoms with E-state index in [0.717, 1.165) is 23.5 Å². The molecule has 6 nitrogen and oxygen atoms in total. The number of alkyl halides is 3. The molecular formula is C18H13Cl2F3N4O2. The largest absolute Gasteiger partial charge is 0.480 e. The van der Waals surface area contributed by atoms with Crippen molar-refractivity contribution in [1.82, 2.24) is 20.1 Å². The van der Waals surface area contributed by atoms with E-state index >= 15 is 0 Å². The van der Waals surface area contributed by atoms with Crippen LogP contribution in [0.4, 0.5) is 13.2 Å². The zero-order valence-corrected chi connectivity index (χ0v) is 16.3. The fraction of sp³-hybridized carbons (Fsp3) is 0.167. The second kappa shape index (κ2) is 7.92. The van der Waals surface area contributed by atoms with Crippen LogP contribution in [0.1, 0.15) is 6.92 Å². The third-order valence-corrected chi connectivity index (χ3v) is 4.34. The highest BCUT2D eigenvalue weighted by Crippen LogP contribution is 2.33. The molecule has 0 bridgehead atoms. The Balaban J connectivity index is 0.00000240. The number of imidazole rings is 1. The topological polar surface area (TPSA) is 76.8 Å². The Kier molecular flexibility index (Phi) is 5.72. The first-order valence-corrected chi connectivity index (χ1v) is 8.49. The van der Waals surface area contributed by atoms with Crippen LogP contribution >= 0.6 is 24.0 Å². The molecule has 0 fully saturated rings. The number of aromatic amines is 1. The fourth-order valence-corrected chi connectivity index (χ4v) is 2.74. The summed E-state index contributed by atoms with van der Waals surface area (Å²) in [6.07, 6.45) is -4.89. The van der Waals surface area contributed by atoms with Crippen molar-refractivity contribution in [1.29, 1.82) is 0 Å². The SMILES string of the molecule is C[C@H](Oc1ccc(-c2nc(-c3ccc4nc[nH]c4c3)no2)cc1Cl)C(F)(F)F.Cl. The maximum atomic E-state index is 12.6. The lowest BCUT2D eigenvalue weighted by Gasteiger charge is -2.18. The van der Waals surface area contributed by atoms with Gasteiger partial charge >= 0.3 is 6.18 Å². The minimum absolute atomic E-state index is 0. The second-order valence-electron chi connectivity index (χ2n) is 6.00. The van der Waals surface area contributed by atoms with Gasteiger partial charge in [0.15, 0.2) is 6.10 Å². The van der Waals surface area contributed by atoms with E-state index in [2.05, 4.69) is 20.1 Å². The molecule has 0 aliphatic carbocycles. The van der Waals surface area contributed by atoms with Gasteiger partial charge < -0.3 is 14.2 Å². The zero-order chi connectivity index (χ0) is 19.9. The predicted molar refractivity (Wildman–Crippen MR) is 103 cm³/mol. The summed E-state index contributed by atoms with van der Waals surface area (Å²) in [6.45, 7) is 0.908. The lowest BCUT2D eigenvalue weighted by Crippen LogP contribution is -2.31. The van der Waals surface area contributed by atoms with Crippen LogP contribution in [0.5, 0.6) is 5.75 Å². The Morgan fingerprint density at radius 1 is 1.14 bits per heavy atom. The van der Waals surface area contributed by atoms with E-state index < -0.39 is 12.3 Å². The van der Waals surface area contributed by atoms with Gasteiger partial charge in [0.1, 0.15) is 5.75 Å². The van der Waals surface area contributed by atoms with Gasteiger partial charge in [0.2, 0.25) is 5.82 Å². The molecule has 0 amide bonds. The Bertz CT molecular complexity index is 1140. The normalized spacial score (nSPS) is 12.6. The molecule has 2 aromatic heterocycles. The number of hydrogen-bond acceptors (Lipinski definition) is 5. The van der Waals surface area contributed by atoms with E-state index in [-0.39, 0.29) is 29.1 Å². The summed E-state index contributed by atoms with van der Waals surface area (Å²) < 4.78 is 48.1. The number of ether oxygens (including phenoxy) is 1. The van der Waals surface area contributed by atoms with Crippen molar-refractivity contribution < 1.29 is 22.4 Å². The summed E-state index contributed by atoms with van der Waals surface area (Å²) in [5, 5.41) is 3.95. The molecule has 0 saturated heterocycles. The Labute approximate surface area is 173 Å². The molecule has 2 heterocycles. The van der Waals surface area contributed by atoms with Crippen LogP contribution < -0.4 is 4.74 Å². The lowest BCUT2D eigenvalue weighted by atomic mass is 10.2. The number of nitrogens with one attached hydrogen (secondary N) is 1. The average molecular weight is 445 g/mol. The third kappa shape index (κ3) is 4.30. The van der Waals surface area contributed by atoms with Crippen molar-refractivity contribution in [2.75, 3.05) is 0 Å². The number of rotatable bonds is 4. The average Bonchev–Trinajstić information content (AvgIpc) is 3.31. The minimum Gasteiger partial charge on any atom is -0.480 e. The molecule has 29 heavy (non-hydrogen) atoms. The zero-order valence-electron chi connectivity index (χ0n) is 14.7. The Morgan fingerprint density at radius 3 is 2.62 bits per heavy atom. The van der Waals surface area contributed by atoms with E-state index in [1.54, 1.807) is 12.4 Å². The highest BCUT2D eigenvalue weighted by Gasteiger charge is 2.38. The monoisotopic (exact) mass is 444 g/mol. The van der Waals surface area contributed by atoms with Crippen molar-refractivity contribution in [3.63, 3.8) is 0 Å². The van der Waals surface area contributed by atoms with E-state index in [9.17, 15) is 13.2 Å². The van der Waals surface area contributed by atoms with E-state index in [0.29, 0.717) is 11.4 Å². The number of aromatic nitrogens is 4. The van der Waals surface area contributed by atoms with E-state index in [1.807, 2.05) is 12.1 Å². The maximum Gasteiger partial charge on any atom is 0.425 e. The molecule has 0 saturated carbocycles. The van der Waals surface area contributed by atoms with Crippen molar-refractivity contribution in [2.45, 2.75) is 19.2 Å². The van der Waals surface area contributed by atoms with Crippen LogP contribution in [0.3, 0.4) is 0 Å². The molecule has 0 aliphatic rings. The lowest BCUT2D eigenvalue weighted by molar-refractivity contribution is -0.189. The predicted octanol–water partition coefficient (Wildman–Crippen LogP) is 5.68. The summed E-state index contributed by atoms with van der Waals surface area (Å²) in [6, 6.07) is 9.71. The molecule has 1 atom stereocenters. The van der Waals surface area contributed by atoms with E-state index in [4.69, 9.17) is 20.9 Å². The van der Waals surface area contributed by atoms with E-state index in [1.165, 1.54) is 18.2 Å². The molecule has 152 valence electrons. The van der Waals surface area contributed by atoms with Crippen LogP contribution in [0, 0.1) is 0 Å². The third-order valence-electron chi connectivity index (χ3n) is 4.05. The number of benzene rings is 2. The molecule has 4 rings (SSSR count). The van der Waals surface area contributed by atoms with Crippen LogP contribution in [0.15, 0.2) is 47.2 Å². The van der Waals surface area contributed by atoms with Gasteiger partial charge in [0, 0.05) is 11.1 Å². The Morgan fingerprint density at radius 2 is 1.90 bits per heavy atom. The minimum atomic E-state index is -4.49. The molecule has 0 unspecified atom stereocenters. The van der Waals surface area contributed by atoms with Crippen molar-refractivity contribution in [2.24, 2.45) is 0 Å². The van der Waals surface area contributed by atoms with Gasteiger partial charge in [0.25, 0.3) is 5.89 Å². The summed E-state index contributed by atoms with van der Waals surface area (Å²) in [4.78, 5) is 11.5. The van der Waals surface area contributed by atoms with Gasteiger partial charge in [-0.15, -0.1) is 12.4 Å². The molecule has 1 N–H and O–H groups in total. The molecule has 4 aromatic rings. The van der Waals surface area contributed by atoms with Crippen molar-refractivity contribution in [3.8, 4) is 28.6 Å². The molecule has 0 radical (unpaired) electrons. The first-order chi connectivity index (χ1) is 13.3. The summed E-state index contributed by atoms with van der Waals surface area (Å²) >= 11 is 6.06. The van der Waals surface area contributed by atoms with Gasteiger partial charge in [-0.3, -0.25) is 0 Å². The maximum absolute atomic E-state index is 12.6. The summed E-state index contributed by atoms with van der Waals surface area (Å²) in [5.41, 5.74) is 2.81. The van der Waals surface area contributed by atoms with Crippen LogP contribution in [-0.4, -0.2) is 32.4 Å². The number of nitrogens with zero attached hydrogens (tertiary/aromatic N) is 3. The number of halogens is 5. The smallest absolute Gasteiger partial charge is 0.425 e. The highest BCUT2D eigenvalue weighted by molar-refractivity contribution is 6.32. The molecule has 2 aromatic carbocycles. The quantitative estimate of drug-likeness (QED) is 0.437. The molecule has 0 aliphatic heterocycles. The standard InChI is InChI=1S/C18H12ClF3N4O2.ClH/c1-9(18(20,21)22)27-15-5-3-11(6-12(15)19)17-25-16(26-28-17)10-2-4-13-14(7-10)24-8-23-13;/h2-9H,1H3,(H,23,24);1H/t9-;/m0./s1. The Hall–Kier alpha value is -2.78. The summed E-state index contributed by atoms with van der Waals surface area (Å²) in [5.74, 6) is 0.449. The van der Waals surface area contributed by atoms with Crippen LogP contribution in [0.25, 0.3) is 33.9 Å². The van der Waals surface area contributed by atoms with Crippen LogP contribution in [-0.2, 0) is 0 Å². The number of H-pyrrole nitrogens is 1. The fourth-order valence-electron chi connectivity index (χ4n) is 2.52.